The van der Waals surface area contributed by atoms with Gasteiger partial charge in [0.05, 0.1) is 11.0 Å². The molecule has 0 bridgehead atoms. The highest BCUT2D eigenvalue weighted by atomic mass is 32.2. The van der Waals surface area contributed by atoms with Crippen LogP contribution in [0.5, 0.6) is 0 Å². The van der Waals surface area contributed by atoms with Crippen molar-refractivity contribution in [2.75, 3.05) is 0 Å². The van der Waals surface area contributed by atoms with Crippen molar-refractivity contribution in [3.8, 4) is 22.8 Å². The van der Waals surface area contributed by atoms with Gasteiger partial charge in [-0.15, -0.1) is 11.8 Å². The van der Waals surface area contributed by atoms with Crippen LogP contribution < -0.4 is 0 Å². The summed E-state index contributed by atoms with van der Waals surface area (Å²) in [5.74, 6) is 2.59. The van der Waals surface area contributed by atoms with E-state index >= 15 is 0 Å². The molecule has 0 radical (unpaired) electrons. The van der Waals surface area contributed by atoms with Crippen LogP contribution >= 0.6 is 23.5 Å². The van der Waals surface area contributed by atoms with E-state index in [2.05, 4.69) is 144 Å². The quantitative estimate of drug-likeness (QED) is 0.175. The highest BCUT2D eigenvalue weighted by Gasteiger charge is 2.39. The minimum Gasteiger partial charge on any atom is -0.310 e. The zero-order chi connectivity index (χ0) is 37.5. The molecule has 0 saturated carbocycles. The fraction of sp³-hybridized carbons (Fsp3) is 0.0784. The molecular weight excluding hydrogens is 733 g/mol. The van der Waals surface area contributed by atoms with Gasteiger partial charge >= 0.3 is 0 Å². The molecule has 8 aromatic rings. The number of thioether (sulfide) groups is 2. The van der Waals surface area contributed by atoms with E-state index in [1.54, 1.807) is 0 Å². The number of hydrogen-bond donors (Lipinski definition) is 0. The topological polar surface area (TPSA) is 43.6 Å². The minimum absolute atomic E-state index is 0.0966. The van der Waals surface area contributed by atoms with Gasteiger partial charge < -0.3 is 4.57 Å². The molecule has 4 aliphatic rings. The van der Waals surface area contributed by atoms with Crippen LogP contribution in [0.2, 0.25) is 0 Å². The predicted molar refractivity (Wildman–Crippen MR) is 237 cm³/mol. The molecule has 0 spiro atoms. The normalized spacial score (nSPS) is 19.3. The average Bonchev–Trinajstić information content (AvgIpc) is 3.95. The number of fused-ring (bicyclic) bond motifs is 9. The molecule has 0 saturated heterocycles. The van der Waals surface area contributed by atoms with Crippen molar-refractivity contribution in [3.63, 3.8) is 0 Å². The van der Waals surface area contributed by atoms with Gasteiger partial charge in [0, 0.05) is 60.0 Å². The number of para-hydroxylation sites is 1. The lowest BCUT2D eigenvalue weighted by Crippen LogP contribution is -2.18. The summed E-state index contributed by atoms with van der Waals surface area (Å²) in [5, 5.41) is 2.69. The third-order valence-electron chi connectivity index (χ3n) is 11.8. The van der Waals surface area contributed by atoms with Crippen LogP contribution in [0.15, 0.2) is 191 Å². The molecule has 6 aromatic carbocycles. The highest BCUT2D eigenvalue weighted by molar-refractivity contribution is 8.03. The van der Waals surface area contributed by atoms with Gasteiger partial charge in [-0.25, -0.2) is 15.0 Å². The van der Waals surface area contributed by atoms with Gasteiger partial charge in [0.15, 0.2) is 17.5 Å². The molecule has 6 heteroatoms. The first-order valence-corrected chi connectivity index (χ1v) is 21.2. The number of nitrogens with zero attached hydrogens (tertiary/aromatic N) is 4. The second-order valence-electron chi connectivity index (χ2n) is 15.1. The molecule has 12 rings (SSSR count). The first kappa shape index (κ1) is 33.0. The lowest BCUT2D eigenvalue weighted by molar-refractivity contribution is 0.851. The van der Waals surface area contributed by atoms with Crippen LogP contribution in [0.4, 0.5) is 0 Å². The van der Waals surface area contributed by atoms with Crippen LogP contribution in [0.25, 0.3) is 61.4 Å². The Morgan fingerprint density at radius 3 is 1.98 bits per heavy atom. The van der Waals surface area contributed by atoms with Gasteiger partial charge in [0.2, 0.25) is 0 Å². The first-order chi connectivity index (χ1) is 28.2. The summed E-state index contributed by atoms with van der Waals surface area (Å²) in [6, 6.07) is 54.2. The van der Waals surface area contributed by atoms with Gasteiger partial charge in [-0.1, -0.05) is 145 Å². The second kappa shape index (κ2) is 13.2. The Morgan fingerprint density at radius 1 is 0.544 bits per heavy atom. The van der Waals surface area contributed by atoms with Crippen LogP contribution in [-0.4, -0.2) is 24.8 Å². The van der Waals surface area contributed by atoms with E-state index in [1.165, 1.54) is 58.8 Å². The molecule has 270 valence electrons. The van der Waals surface area contributed by atoms with Crippen molar-refractivity contribution in [1.29, 1.82) is 0 Å². The molecule has 0 N–H and O–H groups in total. The van der Waals surface area contributed by atoms with Crippen molar-refractivity contribution in [2.24, 2.45) is 0 Å². The number of aromatic nitrogens is 4. The molecule has 3 unspecified atom stereocenters. The SMILES string of the molecule is C1=C(c2ccc3c(c2)c2ccccc2n3C2=CC3Sc4ccccc4C3C(c3nc(-c4ccccc4)nc(-c4ccccc4)n3)=C2)CC2C(=C1)Sc1ccccc12. The monoisotopic (exact) mass is 766 g/mol. The largest absolute Gasteiger partial charge is 0.310 e. The Kier molecular flexibility index (Phi) is 7.63. The van der Waals surface area contributed by atoms with Crippen molar-refractivity contribution >= 4 is 62.2 Å². The van der Waals surface area contributed by atoms with Crippen molar-refractivity contribution in [3.05, 3.63) is 203 Å². The summed E-state index contributed by atoms with van der Waals surface area (Å²) in [7, 11) is 0. The van der Waals surface area contributed by atoms with Crippen LogP contribution in [-0.2, 0) is 0 Å². The van der Waals surface area contributed by atoms with Crippen molar-refractivity contribution < 1.29 is 0 Å². The van der Waals surface area contributed by atoms with Crippen LogP contribution in [0, 0.1) is 0 Å². The van der Waals surface area contributed by atoms with Crippen LogP contribution in [0.1, 0.15) is 40.8 Å². The van der Waals surface area contributed by atoms with Gasteiger partial charge in [-0.2, -0.15) is 0 Å². The fourth-order valence-corrected chi connectivity index (χ4v) is 11.8. The summed E-state index contributed by atoms with van der Waals surface area (Å²) < 4.78 is 2.46. The van der Waals surface area contributed by atoms with Crippen LogP contribution in [0.3, 0.4) is 0 Å². The molecule has 57 heavy (non-hydrogen) atoms. The molecule has 2 aromatic heterocycles. The smallest absolute Gasteiger partial charge is 0.164 e. The summed E-state index contributed by atoms with van der Waals surface area (Å²) in [6.45, 7) is 0. The molecule has 4 heterocycles. The maximum absolute atomic E-state index is 5.28. The third kappa shape index (κ3) is 5.42. The summed E-state index contributed by atoms with van der Waals surface area (Å²) in [4.78, 5) is 19.8. The zero-order valence-corrected chi connectivity index (χ0v) is 32.4. The molecule has 0 fully saturated rings. The fourth-order valence-electron chi connectivity index (χ4n) is 9.17. The Balaban J connectivity index is 1.03. The van der Waals surface area contributed by atoms with E-state index < -0.39 is 0 Å². The van der Waals surface area contributed by atoms with Gasteiger partial charge in [-0.05, 0) is 76.1 Å². The second-order valence-corrected chi connectivity index (χ2v) is 17.4. The third-order valence-corrected chi connectivity index (χ3v) is 14.4. The molecule has 2 aliphatic heterocycles. The van der Waals surface area contributed by atoms with Gasteiger partial charge in [0.1, 0.15) is 0 Å². The van der Waals surface area contributed by atoms with Crippen molar-refractivity contribution in [2.45, 2.75) is 33.3 Å². The molecule has 0 amide bonds. The Bertz CT molecular complexity index is 3010. The maximum Gasteiger partial charge on any atom is 0.164 e. The number of benzene rings is 6. The van der Waals surface area contributed by atoms with Gasteiger partial charge in [0.25, 0.3) is 0 Å². The van der Waals surface area contributed by atoms with E-state index in [0.717, 1.165) is 28.8 Å². The first-order valence-electron chi connectivity index (χ1n) is 19.5. The Morgan fingerprint density at radius 2 is 1.19 bits per heavy atom. The number of rotatable bonds is 5. The minimum atomic E-state index is 0.0966. The molecule has 2 aliphatic carbocycles. The summed E-state index contributed by atoms with van der Waals surface area (Å²) in [5.41, 5.74) is 12.0. The van der Waals surface area contributed by atoms with E-state index in [4.69, 9.17) is 15.0 Å². The lowest BCUT2D eigenvalue weighted by Gasteiger charge is -2.27. The zero-order valence-electron chi connectivity index (χ0n) is 30.8. The lowest BCUT2D eigenvalue weighted by atomic mass is 9.83. The molecular formula is C51H34N4S2. The summed E-state index contributed by atoms with van der Waals surface area (Å²) in [6.07, 6.45) is 10.5. The van der Waals surface area contributed by atoms with E-state index in [1.807, 2.05) is 59.9 Å². The number of allylic oxidation sites excluding steroid dienone is 7. The highest BCUT2D eigenvalue weighted by Crippen LogP contribution is 2.56. The van der Waals surface area contributed by atoms with E-state index in [0.29, 0.717) is 23.4 Å². The number of hydrogen-bond acceptors (Lipinski definition) is 5. The van der Waals surface area contributed by atoms with E-state index in [-0.39, 0.29) is 11.2 Å². The Labute approximate surface area is 339 Å². The van der Waals surface area contributed by atoms with Crippen molar-refractivity contribution in [1.82, 2.24) is 19.5 Å². The predicted octanol–water partition coefficient (Wildman–Crippen LogP) is 13.1. The van der Waals surface area contributed by atoms with E-state index in [9.17, 15) is 0 Å². The maximum atomic E-state index is 5.28. The Hall–Kier alpha value is -6.21. The standard InChI is InChI=1S/C51H34N4S2/c1-3-13-31(14-4-1)49-52-50(32-15-5-2-6-16-32)54-51(53-49)41-29-35(30-47-48(41)38-19-9-12-22-45(38)57-47)55-42-20-10-7-17-36(42)39-27-33(23-25-43(39)55)34-24-26-46-40(28-34)37-18-8-11-21-44(37)56-46/h1-27,29-30,40,47-48H,28H2. The summed E-state index contributed by atoms with van der Waals surface area (Å²) >= 11 is 3.87. The average molecular weight is 767 g/mol. The van der Waals surface area contributed by atoms with Gasteiger partial charge in [-0.3, -0.25) is 0 Å². The molecule has 4 nitrogen and oxygen atoms in total. The molecule has 3 atom stereocenters.